The average Bonchev–Trinajstić information content (AvgIpc) is 3.38. The van der Waals surface area contributed by atoms with Crippen LogP contribution in [0.15, 0.2) is 48.5 Å². The highest BCUT2D eigenvalue weighted by molar-refractivity contribution is 5.85. The number of aliphatic hydroxyl groups is 1. The standard InChI is InChI=1S/C24H26N2O6/c27-12-21(23(29)30)26-22(28)14-9-10-15(11-14)25-24(31)32-13-20-18-7-3-1-5-16(18)17-6-2-4-8-19(17)20/h1-8,14-15,20-21,27H,9-13H2,(H,25,31)(H,26,28)(H,29,30)/t14-,15+,21+/m1/s1. The van der Waals surface area contributed by atoms with Gasteiger partial charge < -0.3 is 25.6 Å². The number of nitrogens with one attached hydrogen (secondary N) is 2. The third-order valence-electron chi connectivity index (χ3n) is 6.27. The molecule has 2 aliphatic carbocycles. The molecule has 8 heteroatoms. The van der Waals surface area contributed by atoms with Crippen LogP contribution in [0.25, 0.3) is 11.1 Å². The van der Waals surface area contributed by atoms with Crippen LogP contribution in [-0.4, -0.2) is 53.5 Å². The number of carbonyl (C=O) groups excluding carboxylic acids is 2. The monoisotopic (exact) mass is 438 g/mol. The van der Waals surface area contributed by atoms with Gasteiger partial charge >= 0.3 is 12.1 Å². The molecule has 0 aromatic heterocycles. The first kappa shape index (κ1) is 21.8. The van der Waals surface area contributed by atoms with Crippen molar-refractivity contribution >= 4 is 18.0 Å². The predicted molar refractivity (Wildman–Crippen MR) is 116 cm³/mol. The van der Waals surface area contributed by atoms with Crippen LogP contribution in [0.2, 0.25) is 0 Å². The maximum absolute atomic E-state index is 12.4. The topological polar surface area (TPSA) is 125 Å². The molecule has 8 nitrogen and oxygen atoms in total. The van der Waals surface area contributed by atoms with Crippen molar-refractivity contribution in [2.75, 3.05) is 13.2 Å². The number of aliphatic hydroxyl groups excluding tert-OH is 1. The lowest BCUT2D eigenvalue weighted by Crippen LogP contribution is -2.45. The second kappa shape index (κ2) is 9.40. The van der Waals surface area contributed by atoms with Gasteiger partial charge in [0.25, 0.3) is 0 Å². The van der Waals surface area contributed by atoms with Crippen molar-refractivity contribution in [1.29, 1.82) is 0 Å². The van der Waals surface area contributed by atoms with Crippen molar-refractivity contribution in [1.82, 2.24) is 10.6 Å². The van der Waals surface area contributed by atoms with Crippen LogP contribution in [0.1, 0.15) is 36.3 Å². The molecule has 0 aliphatic heterocycles. The molecule has 3 atom stereocenters. The van der Waals surface area contributed by atoms with Gasteiger partial charge in [-0.15, -0.1) is 0 Å². The summed E-state index contributed by atoms with van der Waals surface area (Å²) in [7, 11) is 0. The Morgan fingerprint density at radius 1 is 1.00 bits per heavy atom. The minimum absolute atomic E-state index is 0.0262. The molecule has 4 rings (SSSR count). The fourth-order valence-corrected chi connectivity index (χ4v) is 4.63. The van der Waals surface area contributed by atoms with E-state index in [0.717, 1.165) is 22.3 Å². The molecule has 0 heterocycles. The van der Waals surface area contributed by atoms with Gasteiger partial charge in [0, 0.05) is 17.9 Å². The number of carboxylic acid groups (broad SMARTS) is 1. The fraction of sp³-hybridized carbons (Fsp3) is 0.375. The molecule has 168 valence electrons. The number of ether oxygens (including phenoxy) is 1. The SMILES string of the molecule is O=C(N[C@H]1CC[C@@H](C(=O)N[C@@H](CO)C(=O)O)C1)OCC1c2ccccc2-c2ccccc21. The second-order valence-corrected chi connectivity index (χ2v) is 8.26. The minimum atomic E-state index is -1.32. The first-order chi connectivity index (χ1) is 15.5. The zero-order valence-electron chi connectivity index (χ0n) is 17.5. The molecule has 2 aliphatic rings. The summed E-state index contributed by atoms with van der Waals surface area (Å²) in [6, 6.07) is 14.7. The van der Waals surface area contributed by atoms with Crippen molar-refractivity contribution in [3.05, 3.63) is 59.7 Å². The van der Waals surface area contributed by atoms with Crippen LogP contribution in [0.5, 0.6) is 0 Å². The van der Waals surface area contributed by atoms with Crippen LogP contribution >= 0.6 is 0 Å². The van der Waals surface area contributed by atoms with E-state index in [9.17, 15) is 14.4 Å². The summed E-state index contributed by atoms with van der Waals surface area (Å²) >= 11 is 0. The van der Waals surface area contributed by atoms with E-state index in [1.807, 2.05) is 24.3 Å². The molecule has 1 fully saturated rings. The molecule has 32 heavy (non-hydrogen) atoms. The number of alkyl carbamates (subject to hydrolysis) is 1. The van der Waals surface area contributed by atoms with Crippen LogP contribution in [0.4, 0.5) is 4.79 Å². The number of hydrogen-bond donors (Lipinski definition) is 4. The van der Waals surface area contributed by atoms with E-state index in [4.69, 9.17) is 14.9 Å². The molecule has 0 unspecified atom stereocenters. The molecule has 2 amide bonds. The zero-order valence-corrected chi connectivity index (χ0v) is 17.5. The molecule has 2 aromatic carbocycles. The molecular weight excluding hydrogens is 412 g/mol. The highest BCUT2D eigenvalue weighted by atomic mass is 16.5. The van der Waals surface area contributed by atoms with Gasteiger partial charge in [0.15, 0.2) is 0 Å². The van der Waals surface area contributed by atoms with Gasteiger partial charge in [-0.25, -0.2) is 9.59 Å². The number of fused-ring (bicyclic) bond motifs is 3. The Morgan fingerprint density at radius 2 is 1.62 bits per heavy atom. The van der Waals surface area contributed by atoms with Gasteiger partial charge in [-0.3, -0.25) is 4.79 Å². The number of benzene rings is 2. The summed E-state index contributed by atoms with van der Waals surface area (Å²) in [6.45, 7) is -0.456. The van der Waals surface area contributed by atoms with Crippen molar-refractivity contribution in [2.45, 2.75) is 37.3 Å². The first-order valence-electron chi connectivity index (χ1n) is 10.7. The van der Waals surface area contributed by atoms with E-state index < -0.39 is 36.5 Å². The third-order valence-corrected chi connectivity index (χ3v) is 6.27. The maximum Gasteiger partial charge on any atom is 0.407 e. The van der Waals surface area contributed by atoms with Crippen LogP contribution in [0, 0.1) is 5.92 Å². The van der Waals surface area contributed by atoms with Crippen molar-refractivity contribution in [3.63, 3.8) is 0 Å². The van der Waals surface area contributed by atoms with Gasteiger partial charge in [-0.2, -0.15) is 0 Å². The van der Waals surface area contributed by atoms with Crippen molar-refractivity contribution in [2.24, 2.45) is 5.92 Å². The molecule has 1 saturated carbocycles. The Kier molecular flexibility index (Phi) is 6.41. The van der Waals surface area contributed by atoms with E-state index in [2.05, 4.69) is 34.9 Å². The lowest BCUT2D eigenvalue weighted by molar-refractivity contribution is -0.143. The molecule has 4 N–H and O–H groups in total. The summed E-state index contributed by atoms with van der Waals surface area (Å²) in [6.07, 6.45) is 0.988. The van der Waals surface area contributed by atoms with Gasteiger partial charge in [0.1, 0.15) is 12.6 Å². The third kappa shape index (κ3) is 4.45. The van der Waals surface area contributed by atoms with Crippen LogP contribution in [0.3, 0.4) is 0 Å². The lowest BCUT2D eigenvalue weighted by atomic mass is 9.98. The van der Waals surface area contributed by atoms with E-state index in [-0.39, 0.29) is 18.6 Å². The smallest absolute Gasteiger partial charge is 0.407 e. The van der Waals surface area contributed by atoms with Crippen molar-refractivity contribution in [3.8, 4) is 11.1 Å². The maximum atomic E-state index is 12.4. The first-order valence-corrected chi connectivity index (χ1v) is 10.7. The Bertz CT molecular complexity index is 978. The Hall–Kier alpha value is -3.39. The molecule has 0 spiro atoms. The van der Waals surface area contributed by atoms with E-state index >= 15 is 0 Å². The van der Waals surface area contributed by atoms with Gasteiger partial charge in [0.2, 0.25) is 5.91 Å². The second-order valence-electron chi connectivity index (χ2n) is 8.26. The molecular formula is C24H26N2O6. The Labute approximate surface area is 185 Å². The van der Waals surface area contributed by atoms with E-state index in [0.29, 0.717) is 19.3 Å². The molecule has 0 radical (unpaired) electrons. The Morgan fingerprint density at radius 3 is 2.22 bits per heavy atom. The minimum Gasteiger partial charge on any atom is -0.480 e. The summed E-state index contributed by atoms with van der Waals surface area (Å²) in [4.78, 5) is 35.7. The summed E-state index contributed by atoms with van der Waals surface area (Å²) in [5.41, 5.74) is 4.58. The average molecular weight is 438 g/mol. The number of aliphatic carboxylic acids is 1. The number of carboxylic acids is 1. The van der Waals surface area contributed by atoms with E-state index in [1.165, 1.54) is 0 Å². The number of carbonyl (C=O) groups is 3. The van der Waals surface area contributed by atoms with Gasteiger partial charge in [-0.1, -0.05) is 48.5 Å². The lowest BCUT2D eigenvalue weighted by Gasteiger charge is -2.17. The number of rotatable bonds is 7. The largest absolute Gasteiger partial charge is 0.480 e. The van der Waals surface area contributed by atoms with Crippen LogP contribution < -0.4 is 10.6 Å². The van der Waals surface area contributed by atoms with Gasteiger partial charge in [-0.05, 0) is 41.5 Å². The number of hydrogen-bond acceptors (Lipinski definition) is 5. The van der Waals surface area contributed by atoms with Crippen molar-refractivity contribution < 1.29 is 29.3 Å². The summed E-state index contributed by atoms with van der Waals surface area (Å²) in [5, 5.41) is 23.2. The molecule has 2 aromatic rings. The summed E-state index contributed by atoms with van der Waals surface area (Å²) in [5.74, 6) is -2.15. The quantitative estimate of drug-likeness (QED) is 0.526. The summed E-state index contributed by atoms with van der Waals surface area (Å²) < 4.78 is 5.55. The number of amides is 2. The van der Waals surface area contributed by atoms with Crippen LogP contribution in [-0.2, 0) is 14.3 Å². The normalized spacial score (nSPS) is 20.2. The highest BCUT2D eigenvalue weighted by Crippen LogP contribution is 2.44. The molecule has 0 saturated heterocycles. The fourth-order valence-electron chi connectivity index (χ4n) is 4.63. The molecule has 0 bridgehead atoms. The Balaban J connectivity index is 1.30. The highest BCUT2D eigenvalue weighted by Gasteiger charge is 2.34. The zero-order chi connectivity index (χ0) is 22.7. The predicted octanol–water partition coefficient (Wildman–Crippen LogP) is 2.26. The van der Waals surface area contributed by atoms with E-state index in [1.54, 1.807) is 0 Å². The van der Waals surface area contributed by atoms with Gasteiger partial charge in [0.05, 0.1) is 6.61 Å².